The van der Waals surface area contributed by atoms with Crippen LogP contribution in [0.1, 0.15) is 24.0 Å². The molecule has 0 aliphatic carbocycles. The van der Waals surface area contributed by atoms with Gasteiger partial charge in [-0.25, -0.2) is 4.39 Å². The van der Waals surface area contributed by atoms with Crippen molar-refractivity contribution in [1.82, 2.24) is 14.8 Å². The monoisotopic (exact) mass is 353 g/mol. The van der Waals surface area contributed by atoms with Crippen molar-refractivity contribution in [2.45, 2.75) is 25.8 Å². The van der Waals surface area contributed by atoms with Crippen molar-refractivity contribution >= 4 is 5.91 Å². The maximum Gasteiger partial charge on any atom is 0.222 e. The third kappa shape index (κ3) is 3.78. The van der Waals surface area contributed by atoms with Gasteiger partial charge < -0.3 is 4.90 Å². The van der Waals surface area contributed by atoms with Gasteiger partial charge in [0.1, 0.15) is 5.82 Å². The lowest BCUT2D eigenvalue weighted by molar-refractivity contribution is -0.131. The summed E-state index contributed by atoms with van der Waals surface area (Å²) in [5.41, 5.74) is 2.37. The number of likely N-dealkylation sites (tertiary alicyclic amines) is 2. The molecule has 2 fully saturated rings. The predicted molar refractivity (Wildman–Crippen MR) is 97.9 cm³/mol. The molecule has 1 aromatic heterocycles. The van der Waals surface area contributed by atoms with Gasteiger partial charge in [-0.15, -0.1) is 0 Å². The quantitative estimate of drug-likeness (QED) is 0.829. The number of pyridine rings is 1. The van der Waals surface area contributed by atoms with Crippen LogP contribution < -0.4 is 0 Å². The van der Waals surface area contributed by atoms with Gasteiger partial charge in [0.15, 0.2) is 0 Å². The Bertz CT molecular complexity index is 774. The second-order valence-electron chi connectivity index (χ2n) is 7.70. The molecule has 0 radical (unpaired) electrons. The van der Waals surface area contributed by atoms with Crippen LogP contribution in [-0.4, -0.2) is 46.9 Å². The highest BCUT2D eigenvalue weighted by atomic mass is 19.1. The van der Waals surface area contributed by atoms with Gasteiger partial charge in [-0.1, -0.05) is 18.2 Å². The van der Waals surface area contributed by atoms with Crippen molar-refractivity contribution in [3.8, 4) is 0 Å². The predicted octanol–water partition coefficient (Wildman–Crippen LogP) is 2.89. The molecule has 0 saturated carbocycles. The minimum atomic E-state index is -0.177. The molecule has 2 aliphatic rings. The van der Waals surface area contributed by atoms with Gasteiger partial charge in [0.2, 0.25) is 5.91 Å². The standard InChI is InChI=1S/C21H24FN3O/c22-19-5-1-3-18(11-19)13-24-14-21(15-24)8-10-25(16-21)20(26)7-6-17-4-2-9-23-12-17/h1-5,9,11-12H,6-8,10,13-16H2. The summed E-state index contributed by atoms with van der Waals surface area (Å²) in [5.74, 6) is 0.0679. The molecule has 26 heavy (non-hydrogen) atoms. The van der Waals surface area contributed by atoms with Gasteiger partial charge in [0.05, 0.1) is 0 Å². The van der Waals surface area contributed by atoms with E-state index >= 15 is 0 Å². The van der Waals surface area contributed by atoms with E-state index in [0.717, 1.165) is 56.7 Å². The van der Waals surface area contributed by atoms with Crippen LogP contribution in [0.15, 0.2) is 48.8 Å². The van der Waals surface area contributed by atoms with E-state index in [2.05, 4.69) is 9.88 Å². The second kappa shape index (κ2) is 7.16. The van der Waals surface area contributed by atoms with E-state index in [4.69, 9.17) is 0 Å². The summed E-state index contributed by atoms with van der Waals surface area (Å²) in [4.78, 5) is 21.0. The third-order valence-corrected chi connectivity index (χ3v) is 5.55. The number of hydrogen-bond acceptors (Lipinski definition) is 3. The Kier molecular flexibility index (Phi) is 4.72. The molecule has 0 unspecified atom stereocenters. The third-order valence-electron chi connectivity index (χ3n) is 5.55. The van der Waals surface area contributed by atoms with Gasteiger partial charge >= 0.3 is 0 Å². The van der Waals surface area contributed by atoms with Crippen LogP contribution in [0.5, 0.6) is 0 Å². The Morgan fingerprint density at radius 1 is 1.15 bits per heavy atom. The van der Waals surface area contributed by atoms with Crippen molar-refractivity contribution in [3.05, 3.63) is 65.7 Å². The number of aromatic nitrogens is 1. The topological polar surface area (TPSA) is 36.4 Å². The van der Waals surface area contributed by atoms with Crippen LogP contribution in [-0.2, 0) is 17.8 Å². The second-order valence-corrected chi connectivity index (χ2v) is 7.70. The Labute approximate surface area is 153 Å². The lowest BCUT2D eigenvalue weighted by Gasteiger charge is -2.48. The molecule has 1 spiro atoms. The van der Waals surface area contributed by atoms with Crippen LogP contribution in [0.2, 0.25) is 0 Å². The molecule has 136 valence electrons. The van der Waals surface area contributed by atoms with Crippen molar-refractivity contribution in [3.63, 3.8) is 0 Å². The maximum atomic E-state index is 13.3. The fraction of sp³-hybridized carbons (Fsp3) is 0.429. The Hall–Kier alpha value is -2.27. The SMILES string of the molecule is O=C(CCc1cccnc1)N1CCC2(CN(Cc3cccc(F)c3)C2)C1. The molecule has 2 aromatic rings. The molecule has 3 heterocycles. The summed E-state index contributed by atoms with van der Waals surface area (Å²) < 4.78 is 13.3. The summed E-state index contributed by atoms with van der Waals surface area (Å²) in [6.45, 7) is 4.50. The molecule has 4 rings (SSSR count). The molecule has 1 amide bonds. The number of aryl methyl sites for hydroxylation is 1. The zero-order valence-electron chi connectivity index (χ0n) is 14.9. The number of nitrogens with zero attached hydrogens (tertiary/aromatic N) is 3. The average Bonchev–Trinajstić information content (AvgIpc) is 3.06. The lowest BCUT2D eigenvalue weighted by Crippen LogP contribution is -2.57. The molecule has 1 aromatic carbocycles. The zero-order chi connectivity index (χ0) is 18.0. The highest BCUT2D eigenvalue weighted by Gasteiger charge is 2.48. The van der Waals surface area contributed by atoms with E-state index in [0.29, 0.717) is 6.42 Å². The highest BCUT2D eigenvalue weighted by Crippen LogP contribution is 2.40. The van der Waals surface area contributed by atoms with Crippen LogP contribution in [0, 0.1) is 11.2 Å². The number of carbonyl (C=O) groups is 1. The van der Waals surface area contributed by atoms with E-state index in [-0.39, 0.29) is 17.1 Å². The van der Waals surface area contributed by atoms with Crippen LogP contribution in [0.4, 0.5) is 4.39 Å². The Balaban J connectivity index is 1.24. The first-order valence-corrected chi connectivity index (χ1v) is 9.25. The summed E-state index contributed by atoms with van der Waals surface area (Å²) in [6.07, 6.45) is 5.96. The molecular weight excluding hydrogens is 329 g/mol. The largest absolute Gasteiger partial charge is 0.342 e. The van der Waals surface area contributed by atoms with E-state index in [1.54, 1.807) is 18.3 Å². The van der Waals surface area contributed by atoms with Crippen molar-refractivity contribution in [1.29, 1.82) is 0 Å². The van der Waals surface area contributed by atoms with E-state index in [1.165, 1.54) is 6.07 Å². The summed E-state index contributed by atoms with van der Waals surface area (Å²) >= 11 is 0. The molecule has 4 nitrogen and oxygen atoms in total. The van der Waals surface area contributed by atoms with Crippen LogP contribution >= 0.6 is 0 Å². The first-order valence-electron chi connectivity index (χ1n) is 9.25. The van der Waals surface area contributed by atoms with Gasteiger partial charge in [-0.2, -0.15) is 0 Å². The summed E-state index contributed by atoms with van der Waals surface area (Å²) in [7, 11) is 0. The molecule has 0 atom stereocenters. The van der Waals surface area contributed by atoms with Crippen molar-refractivity contribution in [2.24, 2.45) is 5.41 Å². The van der Waals surface area contributed by atoms with Gasteiger partial charge in [-0.05, 0) is 42.2 Å². The number of rotatable bonds is 5. The minimum absolute atomic E-state index is 0.177. The van der Waals surface area contributed by atoms with Gasteiger partial charge in [-0.3, -0.25) is 14.7 Å². The summed E-state index contributed by atoms with van der Waals surface area (Å²) in [6, 6.07) is 10.7. The maximum absolute atomic E-state index is 13.3. The Morgan fingerprint density at radius 2 is 2.00 bits per heavy atom. The molecule has 5 heteroatoms. The fourth-order valence-corrected chi connectivity index (χ4v) is 4.27. The molecule has 0 N–H and O–H groups in total. The van der Waals surface area contributed by atoms with E-state index in [9.17, 15) is 9.18 Å². The fourth-order valence-electron chi connectivity index (χ4n) is 4.27. The normalized spacial score (nSPS) is 18.9. The highest BCUT2D eigenvalue weighted by molar-refractivity contribution is 5.76. The first-order chi connectivity index (χ1) is 12.6. The molecule has 2 saturated heterocycles. The molecule has 0 bridgehead atoms. The number of halogens is 1. The van der Waals surface area contributed by atoms with Crippen LogP contribution in [0.3, 0.4) is 0 Å². The lowest BCUT2D eigenvalue weighted by atomic mass is 9.79. The Morgan fingerprint density at radius 3 is 2.77 bits per heavy atom. The zero-order valence-corrected chi connectivity index (χ0v) is 14.9. The van der Waals surface area contributed by atoms with Crippen LogP contribution in [0.25, 0.3) is 0 Å². The average molecular weight is 353 g/mol. The number of carbonyl (C=O) groups excluding carboxylic acids is 1. The smallest absolute Gasteiger partial charge is 0.222 e. The molecule has 2 aliphatic heterocycles. The number of hydrogen-bond donors (Lipinski definition) is 0. The number of benzene rings is 1. The summed E-state index contributed by atoms with van der Waals surface area (Å²) in [5, 5.41) is 0. The van der Waals surface area contributed by atoms with E-state index in [1.807, 2.05) is 29.3 Å². The number of amides is 1. The van der Waals surface area contributed by atoms with Gasteiger partial charge in [0, 0.05) is 57.0 Å². The van der Waals surface area contributed by atoms with Crippen molar-refractivity contribution < 1.29 is 9.18 Å². The van der Waals surface area contributed by atoms with Gasteiger partial charge in [0.25, 0.3) is 0 Å². The van der Waals surface area contributed by atoms with Crippen molar-refractivity contribution in [2.75, 3.05) is 26.2 Å². The van der Waals surface area contributed by atoms with E-state index < -0.39 is 0 Å². The first kappa shape index (κ1) is 17.2. The minimum Gasteiger partial charge on any atom is -0.342 e. The molecular formula is C21H24FN3O.